The van der Waals surface area contributed by atoms with Gasteiger partial charge in [0.2, 0.25) is 0 Å². The largest absolute Gasteiger partial charge is 0.345 e. The molecular formula is C19H19N3S. The SMILES string of the molecule is CCc1ccc2nc(CC(C)c3ccc4nc[nH]c4c3)sc2c1. The van der Waals surface area contributed by atoms with Crippen molar-refractivity contribution in [2.75, 3.05) is 0 Å². The van der Waals surface area contributed by atoms with E-state index in [0.717, 1.165) is 29.4 Å². The summed E-state index contributed by atoms with van der Waals surface area (Å²) in [4.78, 5) is 12.3. The van der Waals surface area contributed by atoms with Crippen molar-refractivity contribution in [2.24, 2.45) is 0 Å². The van der Waals surface area contributed by atoms with E-state index in [1.807, 2.05) is 11.3 Å². The first-order valence-electron chi connectivity index (χ1n) is 8.04. The minimum absolute atomic E-state index is 0.439. The molecule has 0 bridgehead atoms. The maximum atomic E-state index is 4.80. The van der Waals surface area contributed by atoms with Gasteiger partial charge in [-0.2, -0.15) is 0 Å². The molecule has 23 heavy (non-hydrogen) atoms. The van der Waals surface area contributed by atoms with Crippen LogP contribution in [-0.2, 0) is 12.8 Å². The minimum Gasteiger partial charge on any atom is -0.345 e. The molecule has 0 aliphatic heterocycles. The lowest BCUT2D eigenvalue weighted by atomic mass is 9.98. The third-order valence-electron chi connectivity index (χ3n) is 4.40. The fourth-order valence-corrected chi connectivity index (χ4v) is 4.12. The quantitative estimate of drug-likeness (QED) is 0.569. The number of aromatic amines is 1. The molecule has 0 radical (unpaired) electrons. The standard InChI is InChI=1S/C19H19N3S/c1-3-13-4-6-16-18(9-13)23-19(22-16)8-12(2)14-5-7-15-17(10-14)21-11-20-15/h4-7,9-12H,3,8H2,1-2H3,(H,20,21). The average molecular weight is 321 g/mol. The summed E-state index contributed by atoms with van der Waals surface area (Å²) in [5.41, 5.74) is 5.96. The Balaban J connectivity index is 1.61. The molecule has 4 rings (SSSR count). The number of imidazole rings is 1. The molecule has 1 atom stereocenters. The van der Waals surface area contributed by atoms with Gasteiger partial charge >= 0.3 is 0 Å². The molecule has 0 saturated heterocycles. The second-order valence-electron chi connectivity index (χ2n) is 6.05. The predicted molar refractivity (Wildman–Crippen MR) is 97.2 cm³/mol. The first kappa shape index (κ1) is 14.4. The van der Waals surface area contributed by atoms with Crippen LogP contribution in [0.15, 0.2) is 42.7 Å². The van der Waals surface area contributed by atoms with E-state index in [0.29, 0.717) is 5.92 Å². The van der Waals surface area contributed by atoms with Crippen molar-refractivity contribution in [3.63, 3.8) is 0 Å². The number of hydrogen-bond donors (Lipinski definition) is 1. The van der Waals surface area contributed by atoms with Crippen molar-refractivity contribution in [3.8, 4) is 0 Å². The maximum Gasteiger partial charge on any atom is 0.0944 e. The van der Waals surface area contributed by atoms with Gasteiger partial charge in [0, 0.05) is 6.42 Å². The van der Waals surface area contributed by atoms with E-state index in [-0.39, 0.29) is 0 Å². The van der Waals surface area contributed by atoms with E-state index in [9.17, 15) is 0 Å². The van der Waals surface area contributed by atoms with Crippen molar-refractivity contribution in [3.05, 3.63) is 58.9 Å². The van der Waals surface area contributed by atoms with Gasteiger partial charge in [-0.1, -0.05) is 26.0 Å². The minimum atomic E-state index is 0.439. The molecule has 1 N–H and O–H groups in total. The molecule has 1 unspecified atom stereocenters. The van der Waals surface area contributed by atoms with Crippen LogP contribution >= 0.6 is 11.3 Å². The molecule has 4 aromatic rings. The Labute approximate surface area is 139 Å². The van der Waals surface area contributed by atoms with Gasteiger partial charge in [0.25, 0.3) is 0 Å². The third-order valence-corrected chi connectivity index (χ3v) is 5.44. The zero-order chi connectivity index (χ0) is 15.8. The summed E-state index contributed by atoms with van der Waals surface area (Å²) < 4.78 is 1.30. The monoisotopic (exact) mass is 321 g/mol. The van der Waals surface area contributed by atoms with Crippen LogP contribution in [0.5, 0.6) is 0 Å². The zero-order valence-electron chi connectivity index (χ0n) is 13.3. The van der Waals surface area contributed by atoms with E-state index in [1.54, 1.807) is 6.33 Å². The summed E-state index contributed by atoms with van der Waals surface area (Å²) in [6, 6.07) is 13.1. The number of rotatable bonds is 4. The number of thiazole rings is 1. The summed E-state index contributed by atoms with van der Waals surface area (Å²) in [6.07, 6.45) is 3.79. The van der Waals surface area contributed by atoms with Crippen LogP contribution in [0, 0.1) is 0 Å². The molecule has 0 saturated carbocycles. The highest BCUT2D eigenvalue weighted by molar-refractivity contribution is 7.18. The lowest BCUT2D eigenvalue weighted by Crippen LogP contribution is -1.98. The first-order chi connectivity index (χ1) is 11.2. The lowest BCUT2D eigenvalue weighted by Gasteiger charge is -2.09. The summed E-state index contributed by atoms with van der Waals surface area (Å²) in [6.45, 7) is 4.46. The fourth-order valence-electron chi connectivity index (χ4n) is 2.96. The summed E-state index contributed by atoms with van der Waals surface area (Å²) >= 11 is 1.82. The highest BCUT2D eigenvalue weighted by Crippen LogP contribution is 2.29. The van der Waals surface area contributed by atoms with E-state index >= 15 is 0 Å². The van der Waals surface area contributed by atoms with Gasteiger partial charge in [-0.15, -0.1) is 11.3 Å². The zero-order valence-corrected chi connectivity index (χ0v) is 14.2. The molecule has 2 heterocycles. The predicted octanol–water partition coefficient (Wildman–Crippen LogP) is 5.08. The third kappa shape index (κ3) is 2.75. The Morgan fingerprint density at radius 1 is 1.13 bits per heavy atom. The molecule has 0 aliphatic carbocycles. The number of hydrogen-bond acceptors (Lipinski definition) is 3. The van der Waals surface area contributed by atoms with E-state index in [1.165, 1.54) is 20.8 Å². The van der Waals surface area contributed by atoms with Crippen LogP contribution < -0.4 is 0 Å². The van der Waals surface area contributed by atoms with Gasteiger partial charge in [-0.25, -0.2) is 9.97 Å². The van der Waals surface area contributed by atoms with Crippen molar-refractivity contribution < 1.29 is 0 Å². The van der Waals surface area contributed by atoms with Crippen LogP contribution in [0.4, 0.5) is 0 Å². The van der Waals surface area contributed by atoms with E-state index < -0.39 is 0 Å². The van der Waals surface area contributed by atoms with Gasteiger partial charge in [-0.05, 0) is 47.7 Å². The van der Waals surface area contributed by atoms with Gasteiger partial charge in [0.15, 0.2) is 0 Å². The van der Waals surface area contributed by atoms with Gasteiger partial charge in [-0.3, -0.25) is 0 Å². The molecular weight excluding hydrogens is 302 g/mol. The van der Waals surface area contributed by atoms with Crippen LogP contribution in [0.1, 0.15) is 35.9 Å². The molecule has 116 valence electrons. The van der Waals surface area contributed by atoms with E-state index in [2.05, 4.69) is 60.2 Å². The van der Waals surface area contributed by atoms with Crippen LogP contribution in [-0.4, -0.2) is 15.0 Å². The van der Waals surface area contributed by atoms with Crippen LogP contribution in [0.25, 0.3) is 21.3 Å². The highest BCUT2D eigenvalue weighted by Gasteiger charge is 2.12. The number of benzene rings is 2. The smallest absolute Gasteiger partial charge is 0.0944 e. The fraction of sp³-hybridized carbons (Fsp3) is 0.263. The average Bonchev–Trinajstić information content (AvgIpc) is 3.18. The van der Waals surface area contributed by atoms with Gasteiger partial charge in [0.05, 0.1) is 32.6 Å². The maximum absolute atomic E-state index is 4.80. The summed E-state index contributed by atoms with van der Waals surface area (Å²) in [5, 5.41) is 1.21. The van der Waals surface area contributed by atoms with Gasteiger partial charge in [0.1, 0.15) is 0 Å². The van der Waals surface area contributed by atoms with E-state index in [4.69, 9.17) is 4.98 Å². The van der Waals surface area contributed by atoms with Crippen molar-refractivity contribution in [1.82, 2.24) is 15.0 Å². The summed E-state index contributed by atoms with van der Waals surface area (Å²) in [7, 11) is 0. The Morgan fingerprint density at radius 3 is 2.87 bits per heavy atom. The Bertz CT molecular complexity index is 967. The Morgan fingerprint density at radius 2 is 2.00 bits per heavy atom. The van der Waals surface area contributed by atoms with Gasteiger partial charge < -0.3 is 4.98 Å². The molecule has 3 nitrogen and oxygen atoms in total. The molecule has 0 spiro atoms. The van der Waals surface area contributed by atoms with Crippen molar-refractivity contribution in [1.29, 1.82) is 0 Å². The number of nitrogens with one attached hydrogen (secondary N) is 1. The normalized spacial score (nSPS) is 13.0. The Kier molecular flexibility index (Phi) is 3.62. The second-order valence-corrected chi connectivity index (χ2v) is 7.16. The topological polar surface area (TPSA) is 41.6 Å². The molecule has 4 heteroatoms. The van der Waals surface area contributed by atoms with Crippen LogP contribution in [0.2, 0.25) is 0 Å². The van der Waals surface area contributed by atoms with Crippen molar-refractivity contribution >= 4 is 32.6 Å². The molecule has 2 aromatic heterocycles. The summed E-state index contributed by atoms with van der Waals surface area (Å²) in [5.74, 6) is 0.439. The number of H-pyrrole nitrogens is 1. The number of aryl methyl sites for hydroxylation is 1. The molecule has 0 aliphatic rings. The number of aromatic nitrogens is 3. The molecule has 0 amide bonds. The Hall–Kier alpha value is -2.20. The first-order valence-corrected chi connectivity index (χ1v) is 8.86. The molecule has 0 fully saturated rings. The van der Waals surface area contributed by atoms with Crippen molar-refractivity contribution in [2.45, 2.75) is 32.6 Å². The lowest BCUT2D eigenvalue weighted by molar-refractivity contribution is 0.757. The number of fused-ring (bicyclic) bond motifs is 2. The molecule has 2 aromatic carbocycles. The van der Waals surface area contributed by atoms with Crippen LogP contribution in [0.3, 0.4) is 0 Å². The number of nitrogens with zero attached hydrogens (tertiary/aromatic N) is 2. The highest BCUT2D eigenvalue weighted by atomic mass is 32.1. The second kappa shape index (κ2) is 5.78.